The van der Waals surface area contributed by atoms with Crippen molar-refractivity contribution < 1.29 is 0 Å². The van der Waals surface area contributed by atoms with E-state index >= 15 is 0 Å². The highest BCUT2D eigenvalue weighted by molar-refractivity contribution is 5.12. The molecule has 2 nitrogen and oxygen atoms in total. The number of H-pyrrole nitrogens is 1. The minimum Gasteiger partial charge on any atom is -0.367 e. The van der Waals surface area contributed by atoms with Crippen molar-refractivity contribution in [1.82, 2.24) is 9.88 Å². The zero-order valence-electron chi connectivity index (χ0n) is 11.4. The molecular weight excluding hydrogens is 220 g/mol. The topological polar surface area (TPSA) is 19.0 Å². The zero-order chi connectivity index (χ0) is 12.2. The Morgan fingerprint density at radius 3 is 2.28 bits per heavy atom. The molecule has 4 fully saturated rings. The van der Waals surface area contributed by atoms with Gasteiger partial charge in [-0.15, -0.1) is 0 Å². The molecule has 0 spiro atoms. The molecule has 0 aliphatic heterocycles. The molecule has 4 aliphatic carbocycles. The molecule has 0 atom stereocenters. The van der Waals surface area contributed by atoms with Crippen LogP contribution in [0.5, 0.6) is 0 Å². The van der Waals surface area contributed by atoms with Crippen LogP contribution in [0.25, 0.3) is 0 Å². The third-order valence-corrected chi connectivity index (χ3v) is 5.90. The Balaban J connectivity index is 1.56. The maximum atomic E-state index is 3.18. The zero-order valence-corrected chi connectivity index (χ0v) is 11.4. The van der Waals surface area contributed by atoms with Crippen molar-refractivity contribution >= 4 is 0 Å². The predicted octanol–water partition coefficient (Wildman–Crippen LogP) is 3.42. The minimum atomic E-state index is 0.548. The van der Waals surface area contributed by atoms with E-state index in [-0.39, 0.29) is 0 Å². The number of rotatable bonds is 3. The van der Waals surface area contributed by atoms with Crippen LogP contribution in [0.1, 0.15) is 44.1 Å². The van der Waals surface area contributed by atoms with Crippen molar-refractivity contribution in [2.24, 2.45) is 17.8 Å². The summed E-state index contributed by atoms with van der Waals surface area (Å²) in [6.45, 7) is 1.12. The minimum absolute atomic E-state index is 0.548. The quantitative estimate of drug-likeness (QED) is 0.863. The molecule has 1 aromatic rings. The SMILES string of the molecule is CN(Cc1cc[nH]c1)C12CC3CC(CC(C3)C1)C2. The Labute approximate surface area is 110 Å². The average Bonchev–Trinajstić information content (AvgIpc) is 2.79. The molecule has 5 rings (SSSR count). The lowest BCUT2D eigenvalue weighted by atomic mass is 9.52. The first kappa shape index (κ1) is 11.1. The highest BCUT2D eigenvalue weighted by atomic mass is 15.2. The molecular formula is C16H24N2. The Bertz CT molecular complexity index is 385. The van der Waals surface area contributed by atoms with Crippen LogP contribution < -0.4 is 0 Å². The molecule has 4 saturated carbocycles. The van der Waals surface area contributed by atoms with Gasteiger partial charge in [-0.1, -0.05) is 0 Å². The summed E-state index contributed by atoms with van der Waals surface area (Å²) in [5.74, 6) is 3.14. The molecule has 1 heterocycles. The van der Waals surface area contributed by atoms with Crippen LogP contribution in [0.4, 0.5) is 0 Å². The fourth-order valence-electron chi connectivity index (χ4n) is 5.43. The lowest BCUT2D eigenvalue weighted by Gasteiger charge is -2.60. The first-order valence-corrected chi connectivity index (χ1v) is 7.56. The van der Waals surface area contributed by atoms with Crippen LogP contribution in [0.3, 0.4) is 0 Å². The summed E-state index contributed by atoms with van der Waals surface area (Å²) in [4.78, 5) is 5.86. The normalized spacial score (nSPS) is 41.8. The van der Waals surface area contributed by atoms with Gasteiger partial charge in [0.2, 0.25) is 0 Å². The van der Waals surface area contributed by atoms with Gasteiger partial charge in [-0.2, -0.15) is 0 Å². The van der Waals surface area contributed by atoms with E-state index < -0.39 is 0 Å². The lowest BCUT2D eigenvalue weighted by Crippen LogP contribution is -2.58. The first-order chi connectivity index (χ1) is 8.73. The van der Waals surface area contributed by atoms with Crippen molar-refractivity contribution in [3.05, 3.63) is 24.0 Å². The summed E-state index contributed by atoms with van der Waals surface area (Å²) < 4.78 is 0. The third kappa shape index (κ3) is 1.65. The summed E-state index contributed by atoms with van der Waals surface area (Å²) in [6, 6.07) is 2.22. The highest BCUT2D eigenvalue weighted by Crippen LogP contribution is 2.57. The number of nitrogens with one attached hydrogen (secondary N) is 1. The van der Waals surface area contributed by atoms with Crippen LogP contribution >= 0.6 is 0 Å². The van der Waals surface area contributed by atoms with Gasteiger partial charge in [-0.3, -0.25) is 4.90 Å². The molecule has 0 saturated heterocycles. The number of hydrogen-bond donors (Lipinski definition) is 1. The Kier molecular flexibility index (Phi) is 2.38. The Morgan fingerprint density at radius 1 is 1.17 bits per heavy atom. The average molecular weight is 244 g/mol. The summed E-state index contributed by atoms with van der Waals surface area (Å²) >= 11 is 0. The van der Waals surface area contributed by atoms with E-state index in [1.807, 2.05) is 6.20 Å². The maximum absolute atomic E-state index is 3.18. The van der Waals surface area contributed by atoms with E-state index in [1.165, 1.54) is 44.1 Å². The maximum Gasteiger partial charge on any atom is 0.0251 e. The smallest absolute Gasteiger partial charge is 0.0251 e. The van der Waals surface area contributed by atoms with Crippen LogP contribution in [0.15, 0.2) is 18.5 Å². The van der Waals surface area contributed by atoms with E-state index in [9.17, 15) is 0 Å². The fourth-order valence-corrected chi connectivity index (χ4v) is 5.43. The van der Waals surface area contributed by atoms with Gasteiger partial charge < -0.3 is 4.98 Å². The van der Waals surface area contributed by atoms with Gasteiger partial charge in [0.1, 0.15) is 0 Å². The van der Waals surface area contributed by atoms with Crippen LogP contribution in [0.2, 0.25) is 0 Å². The molecule has 1 N–H and O–H groups in total. The van der Waals surface area contributed by atoms with Gasteiger partial charge in [-0.05, 0) is 75.0 Å². The molecule has 0 unspecified atom stereocenters. The molecule has 0 amide bonds. The van der Waals surface area contributed by atoms with Crippen LogP contribution in [-0.4, -0.2) is 22.5 Å². The van der Waals surface area contributed by atoms with Gasteiger partial charge in [0.15, 0.2) is 0 Å². The van der Waals surface area contributed by atoms with Gasteiger partial charge >= 0.3 is 0 Å². The summed E-state index contributed by atoms with van der Waals surface area (Å²) in [5.41, 5.74) is 1.99. The monoisotopic (exact) mass is 244 g/mol. The second-order valence-electron chi connectivity index (χ2n) is 7.22. The van der Waals surface area contributed by atoms with Gasteiger partial charge in [0, 0.05) is 24.5 Å². The first-order valence-electron chi connectivity index (χ1n) is 7.56. The largest absolute Gasteiger partial charge is 0.367 e. The number of nitrogens with zero attached hydrogens (tertiary/aromatic N) is 1. The summed E-state index contributed by atoms with van der Waals surface area (Å²) in [7, 11) is 2.36. The van der Waals surface area contributed by atoms with E-state index in [1.54, 1.807) is 0 Å². The highest BCUT2D eigenvalue weighted by Gasteiger charge is 2.52. The Hall–Kier alpha value is -0.760. The molecule has 98 valence electrons. The number of aromatic amines is 1. The van der Waals surface area contributed by atoms with Crippen LogP contribution in [-0.2, 0) is 6.54 Å². The molecule has 18 heavy (non-hydrogen) atoms. The van der Waals surface area contributed by atoms with Crippen molar-refractivity contribution in [3.63, 3.8) is 0 Å². The summed E-state index contributed by atoms with van der Waals surface area (Å²) in [6.07, 6.45) is 13.2. The molecule has 4 bridgehead atoms. The van der Waals surface area contributed by atoms with Crippen molar-refractivity contribution in [2.75, 3.05) is 7.05 Å². The van der Waals surface area contributed by atoms with E-state index in [4.69, 9.17) is 0 Å². The number of aromatic nitrogens is 1. The molecule has 1 aromatic heterocycles. The van der Waals surface area contributed by atoms with Gasteiger partial charge in [0.25, 0.3) is 0 Å². The van der Waals surface area contributed by atoms with Crippen molar-refractivity contribution in [1.29, 1.82) is 0 Å². The Morgan fingerprint density at radius 2 is 1.78 bits per heavy atom. The van der Waals surface area contributed by atoms with Crippen LogP contribution in [0, 0.1) is 17.8 Å². The van der Waals surface area contributed by atoms with Crippen molar-refractivity contribution in [2.45, 2.75) is 50.6 Å². The standard InChI is InChI=1S/C16H24N2/c1-18(11-12-2-3-17-10-12)16-7-13-4-14(8-16)6-15(5-13)9-16/h2-3,10,13-15,17H,4-9,11H2,1H3. The third-order valence-electron chi connectivity index (χ3n) is 5.90. The predicted molar refractivity (Wildman–Crippen MR) is 73.2 cm³/mol. The van der Waals surface area contributed by atoms with E-state index in [0.717, 1.165) is 24.3 Å². The van der Waals surface area contributed by atoms with E-state index in [2.05, 4.69) is 29.2 Å². The van der Waals surface area contributed by atoms with Crippen molar-refractivity contribution in [3.8, 4) is 0 Å². The van der Waals surface area contributed by atoms with Gasteiger partial charge in [0.05, 0.1) is 0 Å². The van der Waals surface area contributed by atoms with E-state index in [0.29, 0.717) is 5.54 Å². The van der Waals surface area contributed by atoms with Gasteiger partial charge in [-0.25, -0.2) is 0 Å². The number of hydrogen-bond acceptors (Lipinski definition) is 1. The molecule has 2 heteroatoms. The lowest BCUT2D eigenvalue weighted by molar-refractivity contribution is -0.0821. The summed E-state index contributed by atoms with van der Waals surface area (Å²) in [5, 5.41) is 0. The molecule has 4 aliphatic rings. The molecule has 0 aromatic carbocycles. The molecule has 0 radical (unpaired) electrons. The second-order valence-corrected chi connectivity index (χ2v) is 7.22. The fraction of sp³-hybridized carbons (Fsp3) is 0.750. The second kappa shape index (κ2) is 3.86.